The number of hydrogen-bond acceptors (Lipinski definition) is 4. The van der Waals surface area contributed by atoms with E-state index in [4.69, 9.17) is 9.47 Å². The molecule has 1 saturated carbocycles. The van der Waals surface area contributed by atoms with Gasteiger partial charge in [-0.3, -0.25) is 4.79 Å². The van der Waals surface area contributed by atoms with Crippen LogP contribution in [0.25, 0.3) is 0 Å². The molecule has 1 heterocycles. The Morgan fingerprint density at radius 2 is 1.96 bits per heavy atom. The van der Waals surface area contributed by atoms with Gasteiger partial charge in [-0.1, -0.05) is 24.3 Å². The minimum absolute atomic E-state index is 0.215. The number of carboxylic acids is 1. The van der Waals surface area contributed by atoms with Gasteiger partial charge in [-0.15, -0.1) is 0 Å². The van der Waals surface area contributed by atoms with Gasteiger partial charge < -0.3 is 14.6 Å². The number of rotatable bonds is 4. The molecule has 1 N–H and O–H groups in total. The predicted molar refractivity (Wildman–Crippen MR) is 84.7 cm³/mol. The van der Waals surface area contributed by atoms with Crippen molar-refractivity contribution in [1.82, 2.24) is 0 Å². The molecule has 0 aromatic heterocycles. The summed E-state index contributed by atoms with van der Waals surface area (Å²) >= 11 is 0. The fourth-order valence-electron chi connectivity index (χ4n) is 3.40. The summed E-state index contributed by atoms with van der Waals surface area (Å²) in [6.07, 6.45) is 0.373. The number of carboxylic acid groups (broad SMARTS) is 1. The molecule has 0 radical (unpaired) electrons. The maximum atomic E-state index is 11.8. The number of hydrogen-bond donors (Lipinski definition) is 1. The standard InChI is InChI=1S/C19H16O5/c1-18(17(21)22)11-19(18,24-14-5-3-2-4-6-14)13-7-8-15-12(9-13)10-23-16(15)20/h2-9H,10-11H2,1H3,(H,21,22). The average molecular weight is 324 g/mol. The first-order valence-electron chi connectivity index (χ1n) is 7.74. The van der Waals surface area contributed by atoms with E-state index in [1.165, 1.54) is 0 Å². The molecular formula is C19H16O5. The summed E-state index contributed by atoms with van der Waals surface area (Å²) in [6.45, 7) is 1.90. The van der Waals surface area contributed by atoms with E-state index in [0.717, 1.165) is 11.1 Å². The Bertz CT molecular complexity index is 844. The number of para-hydroxylation sites is 1. The minimum atomic E-state index is -1.01. The molecule has 2 aliphatic rings. The molecule has 1 aliphatic carbocycles. The number of aliphatic carboxylic acids is 1. The number of benzene rings is 2. The van der Waals surface area contributed by atoms with Crippen molar-refractivity contribution in [2.24, 2.45) is 5.41 Å². The van der Waals surface area contributed by atoms with Crippen molar-refractivity contribution in [1.29, 1.82) is 0 Å². The van der Waals surface area contributed by atoms with E-state index in [0.29, 0.717) is 17.7 Å². The second-order valence-corrected chi connectivity index (χ2v) is 6.50. The monoisotopic (exact) mass is 324 g/mol. The molecule has 1 aliphatic heterocycles. The molecule has 2 unspecified atom stereocenters. The van der Waals surface area contributed by atoms with Gasteiger partial charge >= 0.3 is 11.9 Å². The Labute approximate surface area is 138 Å². The smallest absolute Gasteiger partial charge is 0.338 e. The molecule has 5 nitrogen and oxygen atoms in total. The van der Waals surface area contributed by atoms with E-state index in [2.05, 4.69) is 0 Å². The Balaban J connectivity index is 1.78. The second kappa shape index (κ2) is 4.84. The maximum absolute atomic E-state index is 11.8. The molecule has 24 heavy (non-hydrogen) atoms. The zero-order valence-electron chi connectivity index (χ0n) is 13.1. The third kappa shape index (κ3) is 1.94. The fourth-order valence-corrected chi connectivity index (χ4v) is 3.40. The first-order chi connectivity index (χ1) is 11.5. The van der Waals surface area contributed by atoms with Crippen molar-refractivity contribution in [3.05, 3.63) is 65.2 Å². The van der Waals surface area contributed by atoms with Crippen molar-refractivity contribution in [3.8, 4) is 5.75 Å². The van der Waals surface area contributed by atoms with Crippen molar-refractivity contribution < 1.29 is 24.2 Å². The Morgan fingerprint density at radius 3 is 2.62 bits per heavy atom. The van der Waals surface area contributed by atoms with Gasteiger partial charge in [0.15, 0.2) is 5.60 Å². The Hall–Kier alpha value is -2.82. The summed E-state index contributed by atoms with van der Waals surface area (Å²) in [6, 6.07) is 14.5. The topological polar surface area (TPSA) is 72.8 Å². The number of ether oxygens (including phenoxy) is 2. The molecule has 0 spiro atoms. The molecular weight excluding hydrogens is 308 g/mol. The van der Waals surface area contributed by atoms with Gasteiger partial charge in [-0.2, -0.15) is 0 Å². The van der Waals surface area contributed by atoms with Crippen LogP contribution in [0.5, 0.6) is 5.75 Å². The molecule has 2 aromatic rings. The lowest BCUT2D eigenvalue weighted by Gasteiger charge is -2.23. The van der Waals surface area contributed by atoms with E-state index >= 15 is 0 Å². The third-order valence-corrected chi connectivity index (χ3v) is 5.03. The van der Waals surface area contributed by atoms with Crippen LogP contribution >= 0.6 is 0 Å². The molecule has 4 rings (SSSR count). The van der Waals surface area contributed by atoms with Crippen LogP contribution in [0.3, 0.4) is 0 Å². The van der Waals surface area contributed by atoms with Crippen LogP contribution in [0.2, 0.25) is 0 Å². The highest BCUT2D eigenvalue weighted by Gasteiger charge is 2.73. The summed E-state index contributed by atoms with van der Waals surface area (Å²) < 4.78 is 11.2. The fraction of sp³-hybridized carbons (Fsp3) is 0.263. The average Bonchev–Trinajstić information content (AvgIpc) is 3.03. The largest absolute Gasteiger partial charge is 0.481 e. The van der Waals surface area contributed by atoms with E-state index in [1.54, 1.807) is 19.1 Å². The summed E-state index contributed by atoms with van der Waals surface area (Å²) in [7, 11) is 0. The van der Waals surface area contributed by atoms with Crippen LogP contribution in [0, 0.1) is 5.41 Å². The van der Waals surface area contributed by atoms with Crippen LogP contribution < -0.4 is 4.74 Å². The lowest BCUT2D eigenvalue weighted by Crippen LogP contribution is -2.29. The van der Waals surface area contributed by atoms with Gasteiger partial charge in [0.2, 0.25) is 0 Å². The van der Waals surface area contributed by atoms with Gasteiger partial charge in [0.05, 0.1) is 5.56 Å². The predicted octanol–water partition coefficient (Wildman–Crippen LogP) is 3.13. The van der Waals surface area contributed by atoms with Crippen molar-refractivity contribution >= 4 is 11.9 Å². The lowest BCUT2D eigenvalue weighted by atomic mass is 9.94. The zero-order valence-corrected chi connectivity index (χ0v) is 13.1. The van der Waals surface area contributed by atoms with Crippen LogP contribution in [-0.2, 0) is 21.7 Å². The van der Waals surface area contributed by atoms with Gasteiger partial charge in [0, 0.05) is 12.0 Å². The lowest BCUT2D eigenvalue weighted by molar-refractivity contribution is -0.145. The van der Waals surface area contributed by atoms with E-state index in [1.807, 2.05) is 36.4 Å². The Morgan fingerprint density at radius 1 is 1.21 bits per heavy atom. The highest BCUT2D eigenvalue weighted by atomic mass is 16.5. The third-order valence-electron chi connectivity index (χ3n) is 5.03. The molecule has 0 bridgehead atoms. The summed E-state index contributed by atoms with van der Waals surface area (Å²) in [5.74, 6) is -0.618. The molecule has 122 valence electrons. The molecule has 5 heteroatoms. The van der Waals surface area contributed by atoms with Gasteiger partial charge in [-0.25, -0.2) is 4.79 Å². The van der Waals surface area contributed by atoms with Crippen molar-refractivity contribution in [2.75, 3.05) is 0 Å². The first kappa shape index (κ1) is 14.8. The number of carbonyl (C=O) groups excluding carboxylic acids is 1. The highest BCUT2D eigenvalue weighted by molar-refractivity contribution is 5.93. The summed E-state index contributed by atoms with van der Waals surface area (Å²) in [4.78, 5) is 23.4. The number of carbonyl (C=O) groups is 2. The normalized spacial score (nSPS) is 27.3. The molecule has 2 atom stereocenters. The zero-order chi connectivity index (χ0) is 16.9. The second-order valence-electron chi connectivity index (χ2n) is 6.50. The van der Waals surface area contributed by atoms with Crippen LogP contribution in [0.1, 0.15) is 34.8 Å². The van der Waals surface area contributed by atoms with Crippen LogP contribution in [0.4, 0.5) is 0 Å². The first-order valence-corrected chi connectivity index (χ1v) is 7.74. The molecule has 0 saturated heterocycles. The number of cyclic esters (lactones) is 1. The van der Waals surface area contributed by atoms with E-state index < -0.39 is 17.0 Å². The van der Waals surface area contributed by atoms with E-state index in [-0.39, 0.29) is 12.6 Å². The maximum Gasteiger partial charge on any atom is 0.338 e. The Kier molecular flexibility index (Phi) is 2.97. The van der Waals surface area contributed by atoms with E-state index in [9.17, 15) is 14.7 Å². The molecule has 0 amide bonds. The van der Waals surface area contributed by atoms with Crippen LogP contribution in [-0.4, -0.2) is 17.0 Å². The van der Waals surface area contributed by atoms with Gasteiger partial charge in [0.25, 0.3) is 0 Å². The summed E-state index contributed by atoms with van der Waals surface area (Å²) in [5.41, 5.74) is 0.106. The SMILES string of the molecule is CC1(C(=O)O)CC1(Oc1ccccc1)c1ccc2c(c1)COC2=O. The van der Waals surface area contributed by atoms with Gasteiger partial charge in [-0.05, 0) is 36.8 Å². The molecule has 2 aromatic carbocycles. The highest BCUT2D eigenvalue weighted by Crippen LogP contribution is 2.65. The van der Waals surface area contributed by atoms with Crippen molar-refractivity contribution in [2.45, 2.75) is 25.6 Å². The number of fused-ring (bicyclic) bond motifs is 1. The quantitative estimate of drug-likeness (QED) is 0.875. The van der Waals surface area contributed by atoms with Crippen molar-refractivity contribution in [3.63, 3.8) is 0 Å². The number of esters is 1. The molecule has 1 fully saturated rings. The summed E-state index contributed by atoms with van der Waals surface area (Å²) in [5, 5.41) is 9.66. The minimum Gasteiger partial charge on any atom is -0.481 e. The van der Waals surface area contributed by atoms with Gasteiger partial charge in [0.1, 0.15) is 17.8 Å². The van der Waals surface area contributed by atoms with Crippen LogP contribution in [0.15, 0.2) is 48.5 Å².